The summed E-state index contributed by atoms with van der Waals surface area (Å²) in [4.78, 5) is 17.7. The summed E-state index contributed by atoms with van der Waals surface area (Å²) in [6.45, 7) is 8.51. The molecule has 1 heterocycles. The molecule has 37 heavy (non-hydrogen) atoms. The monoisotopic (exact) mass is 514 g/mol. The number of fused-ring (bicyclic) bond motifs is 1. The zero-order valence-electron chi connectivity index (χ0n) is 21.9. The van der Waals surface area contributed by atoms with Gasteiger partial charge in [0.25, 0.3) is 0 Å². The Bertz CT molecular complexity index is 1420. The second kappa shape index (κ2) is 11.1. The number of unbranched alkanes of at least 4 members (excludes halogenated alkanes) is 1. The number of ether oxygens (including phenoxy) is 1. The van der Waals surface area contributed by atoms with Gasteiger partial charge >= 0.3 is 5.97 Å². The fourth-order valence-electron chi connectivity index (χ4n) is 4.32. The van der Waals surface area contributed by atoms with Crippen LogP contribution in [-0.2, 0) is 17.7 Å². The van der Waals surface area contributed by atoms with Gasteiger partial charge in [0, 0.05) is 18.7 Å². The molecule has 1 aromatic heterocycles. The lowest BCUT2D eigenvalue weighted by molar-refractivity contribution is 0.00704. The van der Waals surface area contributed by atoms with Crippen molar-refractivity contribution in [3.05, 3.63) is 83.7 Å². The van der Waals surface area contributed by atoms with Crippen molar-refractivity contribution in [3.63, 3.8) is 0 Å². The van der Waals surface area contributed by atoms with Crippen molar-refractivity contribution in [2.75, 3.05) is 5.32 Å². The molecule has 0 atom stereocenters. The van der Waals surface area contributed by atoms with E-state index < -0.39 is 5.60 Å². The minimum atomic E-state index is -0.551. The summed E-state index contributed by atoms with van der Waals surface area (Å²) in [6.07, 6.45) is 3.08. The lowest BCUT2D eigenvalue weighted by Gasteiger charge is -2.20. The molecule has 3 N–H and O–H groups in total. The van der Waals surface area contributed by atoms with Gasteiger partial charge in [-0.05, 0) is 80.4 Å². The summed E-state index contributed by atoms with van der Waals surface area (Å²) in [6, 6.07) is 21.9. The topological polar surface area (TPSA) is 82.2 Å². The van der Waals surface area contributed by atoms with Gasteiger partial charge in [0.2, 0.25) is 0 Å². The summed E-state index contributed by atoms with van der Waals surface area (Å²) < 4.78 is 7.90. The third kappa shape index (κ3) is 6.54. The minimum absolute atomic E-state index is 0.235. The SMILES string of the molecule is CCCCc1nc2cc(NC(N)=S)ccc2n1Cc1ccc(-c2ccccc2C(=O)OC(C)(C)C)cc1. The second-order valence-electron chi connectivity index (χ2n) is 10.2. The van der Waals surface area contributed by atoms with Gasteiger partial charge in [-0.1, -0.05) is 55.8 Å². The number of esters is 1. The predicted octanol–water partition coefficient (Wildman–Crippen LogP) is 6.71. The molecule has 0 aliphatic rings. The zero-order valence-corrected chi connectivity index (χ0v) is 22.7. The largest absolute Gasteiger partial charge is 0.456 e. The molecule has 0 spiro atoms. The number of hydrogen-bond acceptors (Lipinski definition) is 4. The highest BCUT2D eigenvalue weighted by Gasteiger charge is 2.20. The molecule has 0 aliphatic heterocycles. The molecule has 4 rings (SSSR count). The number of aromatic nitrogens is 2. The van der Waals surface area contributed by atoms with E-state index in [1.54, 1.807) is 0 Å². The number of thiocarbonyl (C=S) groups is 1. The van der Waals surface area contributed by atoms with E-state index in [2.05, 4.69) is 47.1 Å². The van der Waals surface area contributed by atoms with Crippen LogP contribution >= 0.6 is 12.2 Å². The average molecular weight is 515 g/mol. The molecule has 0 amide bonds. The summed E-state index contributed by atoms with van der Waals surface area (Å²) in [5.74, 6) is 0.741. The van der Waals surface area contributed by atoms with Crippen LogP contribution in [0.1, 0.15) is 62.3 Å². The normalized spacial score (nSPS) is 11.5. The molecule has 0 unspecified atom stereocenters. The Morgan fingerprint density at radius 1 is 1.08 bits per heavy atom. The molecule has 6 nitrogen and oxygen atoms in total. The molecule has 0 fully saturated rings. The molecule has 192 valence electrons. The number of nitrogens with two attached hydrogens (primary N) is 1. The lowest BCUT2D eigenvalue weighted by Crippen LogP contribution is -2.24. The second-order valence-corrected chi connectivity index (χ2v) is 10.6. The van der Waals surface area contributed by atoms with E-state index in [9.17, 15) is 4.79 Å². The highest BCUT2D eigenvalue weighted by molar-refractivity contribution is 7.80. The first-order chi connectivity index (χ1) is 17.6. The Labute approximate surface area is 223 Å². The van der Waals surface area contributed by atoms with Crippen molar-refractivity contribution < 1.29 is 9.53 Å². The highest BCUT2D eigenvalue weighted by atomic mass is 32.1. The highest BCUT2D eigenvalue weighted by Crippen LogP contribution is 2.27. The van der Waals surface area contributed by atoms with Crippen LogP contribution in [0.4, 0.5) is 5.69 Å². The number of carbonyl (C=O) groups is 1. The number of nitrogens with zero attached hydrogens (tertiary/aromatic N) is 2. The third-order valence-corrected chi connectivity index (χ3v) is 6.10. The molecule has 7 heteroatoms. The van der Waals surface area contributed by atoms with Crippen molar-refractivity contribution in [2.24, 2.45) is 5.73 Å². The van der Waals surface area contributed by atoms with E-state index in [0.717, 1.165) is 58.5 Å². The number of anilines is 1. The fourth-order valence-corrected chi connectivity index (χ4v) is 4.44. The summed E-state index contributed by atoms with van der Waals surface area (Å²) in [5, 5.41) is 3.23. The smallest absolute Gasteiger partial charge is 0.339 e. The van der Waals surface area contributed by atoms with Crippen LogP contribution in [0.15, 0.2) is 66.7 Å². The van der Waals surface area contributed by atoms with Gasteiger partial charge in [0.05, 0.1) is 16.6 Å². The first kappa shape index (κ1) is 26.4. The maximum atomic E-state index is 12.8. The first-order valence-corrected chi connectivity index (χ1v) is 13.0. The van der Waals surface area contributed by atoms with Gasteiger partial charge in [-0.3, -0.25) is 0 Å². The molecular weight excluding hydrogens is 480 g/mol. The van der Waals surface area contributed by atoms with E-state index in [1.807, 2.05) is 57.2 Å². The molecule has 0 aliphatic carbocycles. The van der Waals surface area contributed by atoms with Crippen LogP contribution in [-0.4, -0.2) is 26.2 Å². The van der Waals surface area contributed by atoms with Crippen LogP contribution < -0.4 is 11.1 Å². The Hall–Kier alpha value is -3.71. The number of carbonyl (C=O) groups excluding carboxylic acids is 1. The van der Waals surface area contributed by atoms with Crippen LogP contribution in [0.5, 0.6) is 0 Å². The standard InChI is InChI=1S/C30H34N4O2S/c1-5-6-11-27-33-25-18-22(32-29(31)37)16-17-26(25)34(27)19-20-12-14-21(15-13-20)23-9-7-8-10-24(23)28(35)36-30(2,3)4/h7-10,12-18H,5-6,11,19H2,1-4H3,(H3,31,32,37). The van der Waals surface area contributed by atoms with E-state index in [4.69, 9.17) is 27.7 Å². The van der Waals surface area contributed by atoms with Crippen molar-refractivity contribution in [3.8, 4) is 11.1 Å². The number of nitrogens with one attached hydrogen (secondary N) is 1. The maximum absolute atomic E-state index is 12.8. The Kier molecular flexibility index (Phi) is 7.93. The van der Waals surface area contributed by atoms with E-state index >= 15 is 0 Å². The van der Waals surface area contributed by atoms with Gasteiger partial charge < -0.3 is 20.4 Å². The number of rotatable bonds is 8. The average Bonchev–Trinajstić information content (AvgIpc) is 3.18. The third-order valence-electron chi connectivity index (χ3n) is 6.00. The molecule has 4 aromatic rings. The van der Waals surface area contributed by atoms with Crippen LogP contribution in [0, 0.1) is 0 Å². The number of benzene rings is 3. The Morgan fingerprint density at radius 3 is 2.49 bits per heavy atom. The predicted molar refractivity (Wildman–Crippen MR) is 155 cm³/mol. The van der Waals surface area contributed by atoms with E-state index in [0.29, 0.717) is 12.1 Å². The van der Waals surface area contributed by atoms with Crippen molar-refractivity contribution in [2.45, 2.75) is 59.1 Å². The molecule has 0 saturated heterocycles. The van der Waals surface area contributed by atoms with Crippen LogP contribution in [0.2, 0.25) is 0 Å². The zero-order chi connectivity index (χ0) is 26.6. The summed E-state index contributed by atoms with van der Waals surface area (Å²) in [7, 11) is 0. The fraction of sp³-hybridized carbons (Fsp3) is 0.300. The van der Waals surface area contributed by atoms with Gasteiger partial charge in [0.15, 0.2) is 5.11 Å². The number of aryl methyl sites for hydroxylation is 1. The van der Waals surface area contributed by atoms with E-state index in [1.165, 1.54) is 0 Å². The van der Waals surface area contributed by atoms with Crippen molar-refractivity contribution in [1.82, 2.24) is 9.55 Å². The van der Waals surface area contributed by atoms with E-state index in [-0.39, 0.29) is 11.1 Å². The van der Waals surface area contributed by atoms with Crippen LogP contribution in [0.25, 0.3) is 22.2 Å². The molecule has 0 saturated carbocycles. The van der Waals surface area contributed by atoms with Crippen LogP contribution in [0.3, 0.4) is 0 Å². The summed E-state index contributed by atoms with van der Waals surface area (Å²) in [5.41, 5.74) is 11.5. The van der Waals surface area contributed by atoms with Gasteiger partial charge in [0.1, 0.15) is 11.4 Å². The molecule has 0 radical (unpaired) electrons. The number of imidazole rings is 1. The molecule has 0 bridgehead atoms. The van der Waals surface area contributed by atoms with Gasteiger partial charge in [-0.2, -0.15) is 0 Å². The number of hydrogen-bond donors (Lipinski definition) is 2. The van der Waals surface area contributed by atoms with Crippen molar-refractivity contribution >= 4 is 40.0 Å². The minimum Gasteiger partial charge on any atom is -0.456 e. The first-order valence-electron chi connectivity index (χ1n) is 12.6. The van der Waals surface area contributed by atoms with Gasteiger partial charge in [-0.15, -0.1) is 0 Å². The molecule has 3 aromatic carbocycles. The van der Waals surface area contributed by atoms with Crippen molar-refractivity contribution in [1.29, 1.82) is 0 Å². The quantitative estimate of drug-likeness (QED) is 0.201. The van der Waals surface area contributed by atoms with Gasteiger partial charge in [-0.25, -0.2) is 9.78 Å². The Morgan fingerprint density at radius 2 is 1.81 bits per heavy atom. The summed E-state index contributed by atoms with van der Waals surface area (Å²) >= 11 is 4.98. The lowest BCUT2D eigenvalue weighted by atomic mass is 9.98. The maximum Gasteiger partial charge on any atom is 0.339 e. The Balaban J connectivity index is 1.63. The molecular formula is C30H34N4O2S.